The SMILES string of the molecule is CCN1CCCC(c2nc3cccnc3n2CC2CCCN2)C1. The molecule has 0 amide bonds. The number of imidazole rings is 1. The molecular weight excluding hydrogens is 286 g/mol. The average Bonchev–Trinajstić information content (AvgIpc) is 3.24. The average molecular weight is 313 g/mol. The van der Waals surface area contributed by atoms with Gasteiger partial charge in [0.1, 0.15) is 11.3 Å². The molecule has 2 aromatic heterocycles. The fraction of sp³-hybridized carbons (Fsp3) is 0.667. The van der Waals surface area contributed by atoms with Gasteiger partial charge in [0.2, 0.25) is 0 Å². The second-order valence-corrected chi connectivity index (χ2v) is 6.95. The van der Waals surface area contributed by atoms with E-state index in [1.165, 1.54) is 38.1 Å². The lowest BCUT2D eigenvalue weighted by molar-refractivity contribution is 0.211. The molecule has 4 rings (SSSR count). The summed E-state index contributed by atoms with van der Waals surface area (Å²) in [6.45, 7) is 7.92. The van der Waals surface area contributed by atoms with E-state index in [1.54, 1.807) is 0 Å². The molecule has 2 atom stereocenters. The summed E-state index contributed by atoms with van der Waals surface area (Å²) in [6, 6.07) is 4.67. The second kappa shape index (κ2) is 6.57. The first kappa shape index (κ1) is 15.1. The third kappa shape index (κ3) is 3.00. The summed E-state index contributed by atoms with van der Waals surface area (Å²) in [7, 11) is 0. The van der Waals surface area contributed by atoms with Crippen molar-refractivity contribution in [2.24, 2.45) is 0 Å². The van der Waals surface area contributed by atoms with Crippen molar-refractivity contribution in [2.45, 2.75) is 51.1 Å². The van der Waals surface area contributed by atoms with Crippen LogP contribution >= 0.6 is 0 Å². The Morgan fingerprint density at radius 2 is 2.26 bits per heavy atom. The third-order valence-electron chi connectivity index (χ3n) is 5.42. The summed E-state index contributed by atoms with van der Waals surface area (Å²) in [5.41, 5.74) is 2.11. The number of nitrogens with zero attached hydrogens (tertiary/aromatic N) is 4. The number of fused-ring (bicyclic) bond motifs is 1. The van der Waals surface area contributed by atoms with E-state index in [1.807, 2.05) is 12.3 Å². The van der Waals surface area contributed by atoms with Gasteiger partial charge >= 0.3 is 0 Å². The predicted octanol–water partition coefficient (Wildman–Crippen LogP) is 2.38. The number of rotatable bonds is 4. The van der Waals surface area contributed by atoms with Crippen molar-refractivity contribution >= 4 is 11.2 Å². The van der Waals surface area contributed by atoms with Gasteiger partial charge in [-0.1, -0.05) is 6.92 Å². The molecule has 5 heteroatoms. The second-order valence-electron chi connectivity index (χ2n) is 6.95. The van der Waals surface area contributed by atoms with Crippen LogP contribution in [0.5, 0.6) is 0 Å². The molecule has 2 aromatic rings. The molecule has 2 aliphatic heterocycles. The van der Waals surface area contributed by atoms with Crippen molar-refractivity contribution in [1.29, 1.82) is 0 Å². The van der Waals surface area contributed by atoms with Gasteiger partial charge in [-0.15, -0.1) is 0 Å². The third-order valence-corrected chi connectivity index (χ3v) is 5.42. The van der Waals surface area contributed by atoms with Crippen molar-refractivity contribution in [1.82, 2.24) is 24.8 Å². The molecule has 2 aliphatic rings. The number of nitrogens with one attached hydrogen (secondary N) is 1. The Balaban J connectivity index is 1.69. The number of likely N-dealkylation sites (tertiary alicyclic amines) is 1. The largest absolute Gasteiger partial charge is 0.312 e. The Labute approximate surface area is 138 Å². The lowest BCUT2D eigenvalue weighted by Crippen LogP contribution is -2.36. The van der Waals surface area contributed by atoms with Gasteiger partial charge in [-0.05, 0) is 57.5 Å². The van der Waals surface area contributed by atoms with Gasteiger partial charge in [-0.2, -0.15) is 0 Å². The van der Waals surface area contributed by atoms with E-state index < -0.39 is 0 Å². The Bertz CT molecular complexity index is 658. The van der Waals surface area contributed by atoms with Crippen LogP contribution in [0.15, 0.2) is 18.3 Å². The molecule has 0 aliphatic carbocycles. The van der Waals surface area contributed by atoms with Crippen LogP contribution in [0.3, 0.4) is 0 Å². The van der Waals surface area contributed by atoms with Gasteiger partial charge in [0, 0.05) is 31.2 Å². The lowest BCUT2D eigenvalue weighted by Gasteiger charge is -2.32. The number of pyridine rings is 1. The molecule has 23 heavy (non-hydrogen) atoms. The van der Waals surface area contributed by atoms with E-state index >= 15 is 0 Å². The Morgan fingerprint density at radius 1 is 1.30 bits per heavy atom. The first-order valence-electron chi connectivity index (χ1n) is 9.12. The molecule has 124 valence electrons. The highest BCUT2D eigenvalue weighted by Crippen LogP contribution is 2.29. The van der Waals surface area contributed by atoms with Crippen LogP contribution in [-0.4, -0.2) is 51.7 Å². The van der Waals surface area contributed by atoms with Gasteiger partial charge in [0.05, 0.1) is 0 Å². The van der Waals surface area contributed by atoms with Crippen molar-refractivity contribution in [3.63, 3.8) is 0 Å². The zero-order valence-corrected chi connectivity index (χ0v) is 14.0. The minimum absolute atomic E-state index is 0.541. The summed E-state index contributed by atoms with van der Waals surface area (Å²) in [6.07, 6.45) is 6.96. The van der Waals surface area contributed by atoms with E-state index in [4.69, 9.17) is 4.98 Å². The number of likely N-dealkylation sites (N-methyl/N-ethyl adjacent to an activating group) is 1. The standard InChI is InChI=1S/C18H27N5/c1-2-22-11-5-6-14(12-22)17-21-16-8-4-10-20-18(16)23(17)13-15-7-3-9-19-15/h4,8,10,14-15,19H,2-3,5-7,9,11-13H2,1H3. The topological polar surface area (TPSA) is 46.0 Å². The molecule has 0 aromatic carbocycles. The van der Waals surface area contributed by atoms with Gasteiger partial charge in [0.25, 0.3) is 0 Å². The maximum atomic E-state index is 4.99. The highest BCUT2D eigenvalue weighted by molar-refractivity contribution is 5.71. The number of piperidine rings is 1. The summed E-state index contributed by atoms with van der Waals surface area (Å²) in [4.78, 5) is 12.2. The van der Waals surface area contributed by atoms with Crippen LogP contribution in [0, 0.1) is 0 Å². The summed E-state index contributed by atoms with van der Waals surface area (Å²) >= 11 is 0. The monoisotopic (exact) mass is 313 g/mol. The van der Waals surface area contributed by atoms with Gasteiger partial charge in [-0.3, -0.25) is 0 Å². The summed E-state index contributed by atoms with van der Waals surface area (Å²) in [5, 5.41) is 3.62. The molecule has 4 heterocycles. The van der Waals surface area contributed by atoms with Gasteiger partial charge in [0.15, 0.2) is 5.65 Å². The van der Waals surface area contributed by atoms with Crippen molar-refractivity contribution in [3.05, 3.63) is 24.2 Å². The first-order chi connectivity index (χ1) is 11.3. The minimum Gasteiger partial charge on any atom is -0.312 e. The molecule has 0 radical (unpaired) electrons. The molecule has 2 unspecified atom stereocenters. The maximum absolute atomic E-state index is 4.99. The van der Waals surface area contributed by atoms with Crippen LogP contribution < -0.4 is 5.32 Å². The van der Waals surface area contributed by atoms with Crippen LogP contribution in [0.4, 0.5) is 0 Å². The summed E-state index contributed by atoms with van der Waals surface area (Å²) in [5.74, 6) is 1.80. The normalized spacial score (nSPS) is 26.1. The molecule has 0 spiro atoms. The van der Waals surface area contributed by atoms with Crippen LogP contribution in [-0.2, 0) is 6.54 Å². The Hall–Kier alpha value is -1.46. The predicted molar refractivity (Wildman–Crippen MR) is 92.6 cm³/mol. The van der Waals surface area contributed by atoms with Crippen LogP contribution in [0.1, 0.15) is 44.3 Å². The molecule has 5 nitrogen and oxygen atoms in total. The zero-order valence-electron chi connectivity index (χ0n) is 14.0. The highest BCUT2D eigenvalue weighted by atomic mass is 15.2. The summed E-state index contributed by atoms with van der Waals surface area (Å²) < 4.78 is 2.40. The fourth-order valence-corrected chi connectivity index (χ4v) is 4.15. The van der Waals surface area contributed by atoms with Crippen LogP contribution in [0.2, 0.25) is 0 Å². The van der Waals surface area contributed by atoms with Crippen molar-refractivity contribution in [2.75, 3.05) is 26.2 Å². The van der Waals surface area contributed by atoms with E-state index in [0.717, 1.165) is 37.3 Å². The van der Waals surface area contributed by atoms with Crippen LogP contribution in [0.25, 0.3) is 11.2 Å². The number of aromatic nitrogens is 3. The molecule has 0 bridgehead atoms. The van der Waals surface area contributed by atoms with Crippen molar-refractivity contribution < 1.29 is 0 Å². The van der Waals surface area contributed by atoms with Gasteiger partial charge < -0.3 is 14.8 Å². The minimum atomic E-state index is 0.541. The van der Waals surface area contributed by atoms with E-state index in [-0.39, 0.29) is 0 Å². The van der Waals surface area contributed by atoms with Gasteiger partial charge in [-0.25, -0.2) is 9.97 Å². The molecule has 0 saturated carbocycles. The lowest BCUT2D eigenvalue weighted by atomic mass is 9.97. The molecule has 2 saturated heterocycles. The van der Waals surface area contributed by atoms with E-state index in [9.17, 15) is 0 Å². The molecule has 1 N–H and O–H groups in total. The fourth-order valence-electron chi connectivity index (χ4n) is 4.15. The first-order valence-corrected chi connectivity index (χ1v) is 9.12. The van der Waals surface area contributed by atoms with E-state index in [2.05, 4.69) is 32.8 Å². The number of hydrogen-bond donors (Lipinski definition) is 1. The zero-order chi connectivity index (χ0) is 15.6. The smallest absolute Gasteiger partial charge is 0.160 e. The quantitative estimate of drug-likeness (QED) is 0.941. The Kier molecular flexibility index (Phi) is 4.31. The molecular formula is C18H27N5. The van der Waals surface area contributed by atoms with Crippen molar-refractivity contribution in [3.8, 4) is 0 Å². The van der Waals surface area contributed by atoms with E-state index in [0.29, 0.717) is 12.0 Å². The Morgan fingerprint density at radius 3 is 3.09 bits per heavy atom. The molecule has 2 fully saturated rings. The number of hydrogen-bond acceptors (Lipinski definition) is 4. The highest BCUT2D eigenvalue weighted by Gasteiger charge is 2.27. The maximum Gasteiger partial charge on any atom is 0.160 e.